The Bertz CT molecular complexity index is 660. The zero-order chi connectivity index (χ0) is 15.6. The number of nitrogens with zero attached hydrogens (tertiary/aromatic N) is 1. The molecule has 126 valence electrons. The van der Waals surface area contributed by atoms with Gasteiger partial charge in [0.05, 0.1) is 0 Å². The molecule has 0 spiro atoms. The first-order chi connectivity index (χ1) is 10.5. The first kappa shape index (κ1) is 17.6. The molecular formula is C15H17ClF3N3O. The van der Waals surface area contributed by atoms with Gasteiger partial charge in [0.15, 0.2) is 5.75 Å². The molecule has 2 aromatic rings. The van der Waals surface area contributed by atoms with E-state index in [4.69, 9.17) is 0 Å². The third-order valence-electron chi connectivity index (χ3n) is 3.66. The Labute approximate surface area is 137 Å². The van der Waals surface area contributed by atoms with Gasteiger partial charge >= 0.3 is 6.36 Å². The van der Waals surface area contributed by atoms with Crippen LogP contribution in [-0.2, 0) is 0 Å². The van der Waals surface area contributed by atoms with Crippen LogP contribution >= 0.6 is 12.4 Å². The van der Waals surface area contributed by atoms with Crippen molar-refractivity contribution in [1.82, 2.24) is 10.3 Å². The smallest absolute Gasteiger partial charge is 0.403 e. The molecule has 4 nitrogen and oxygen atoms in total. The van der Waals surface area contributed by atoms with Gasteiger partial charge in [-0.1, -0.05) is 0 Å². The van der Waals surface area contributed by atoms with E-state index in [9.17, 15) is 13.2 Å². The van der Waals surface area contributed by atoms with E-state index in [1.807, 2.05) is 0 Å². The van der Waals surface area contributed by atoms with Crippen LogP contribution in [0.3, 0.4) is 0 Å². The van der Waals surface area contributed by atoms with Gasteiger partial charge in [0.25, 0.3) is 0 Å². The number of rotatable bonds is 3. The number of anilines is 1. The largest absolute Gasteiger partial charge is 0.573 e. The minimum Gasteiger partial charge on any atom is -0.403 e. The molecule has 0 aliphatic carbocycles. The summed E-state index contributed by atoms with van der Waals surface area (Å²) in [6.45, 7) is 1.87. The van der Waals surface area contributed by atoms with E-state index in [0.717, 1.165) is 31.6 Å². The molecule has 0 radical (unpaired) electrons. The standard InChI is InChI=1S/C15H16F3N3O.ClH/c16-15(17,18)22-13-4-3-12(11-2-1-7-20-14(11)13)21-10-5-8-19-9-6-10;/h1-4,7,10,19,21H,5-6,8-9H2;1H. The van der Waals surface area contributed by atoms with Crippen molar-refractivity contribution >= 4 is 29.0 Å². The molecule has 1 saturated heterocycles. The van der Waals surface area contributed by atoms with Crippen molar-refractivity contribution in [1.29, 1.82) is 0 Å². The first-order valence-electron chi connectivity index (χ1n) is 7.14. The Morgan fingerprint density at radius 1 is 1.17 bits per heavy atom. The van der Waals surface area contributed by atoms with Crippen molar-refractivity contribution in [2.24, 2.45) is 0 Å². The van der Waals surface area contributed by atoms with Crippen molar-refractivity contribution in [3.05, 3.63) is 30.5 Å². The molecule has 0 amide bonds. The van der Waals surface area contributed by atoms with Crippen LogP contribution in [-0.4, -0.2) is 30.5 Å². The molecular weight excluding hydrogens is 331 g/mol. The lowest BCUT2D eigenvalue weighted by molar-refractivity contribution is -0.274. The van der Waals surface area contributed by atoms with E-state index in [1.165, 1.54) is 12.3 Å². The van der Waals surface area contributed by atoms with Crippen LogP contribution in [0, 0.1) is 0 Å². The second-order valence-corrected chi connectivity index (χ2v) is 5.23. The summed E-state index contributed by atoms with van der Waals surface area (Å²) in [5, 5.41) is 7.30. The van der Waals surface area contributed by atoms with Gasteiger partial charge in [0.2, 0.25) is 0 Å². The number of hydrogen-bond acceptors (Lipinski definition) is 4. The lowest BCUT2D eigenvalue weighted by atomic mass is 10.1. The summed E-state index contributed by atoms with van der Waals surface area (Å²) < 4.78 is 41.5. The number of alkyl halides is 3. The number of nitrogens with one attached hydrogen (secondary N) is 2. The van der Waals surface area contributed by atoms with Gasteiger partial charge in [-0.2, -0.15) is 0 Å². The van der Waals surface area contributed by atoms with Crippen LogP contribution in [0.15, 0.2) is 30.5 Å². The molecule has 8 heteroatoms. The number of pyridine rings is 1. The molecule has 1 aromatic carbocycles. The van der Waals surface area contributed by atoms with Gasteiger partial charge in [0.1, 0.15) is 5.52 Å². The molecule has 0 saturated carbocycles. The predicted octanol–water partition coefficient (Wildman–Crippen LogP) is 3.72. The molecule has 1 fully saturated rings. The highest BCUT2D eigenvalue weighted by Gasteiger charge is 2.32. The first-order valence-corrected chi connectivity index (χ1v) is 7.14. The quantitative estimate of drug-likeness (QED) is 0.888. The van der Waals surface area contributed by atoms with Crippen LogP contribution < -0.4 is 15.4 Å². The number of aromatic nitrogens is 1. The Balaban J connectivity index is 0.00000192. The lowest BCUT2D eigenvalue weighted by Gasteiger charge is -2.25. The Hall–Kier alpha value is -1.73. The van der Waals surface area contributed by atoms with Crippen LogP contribution in [0.1, 0.15) is 12.8 Å². The van der Waals surface area contributed by atoms with Crippen molar-refractivity contribution in [2.75, 3.05) is 18.4 Å². The molecule has 1 aliphatic heterocycles. The van der Waals surface area contributed by atoms with Crippen molar-refractivity contribution < 1.29 is 17.9 Å². The normalized spacial score (nSPS) is 16.0. The predicted molar refractivity (Wildman–Crippen MR) is 85.2 cm³/mol. The second-order valence-electron chi connectivity index (χ2n) is 5.23. The highest BCUT2D eigenvalue weighted by molar-refractivity contribution is 5.95. The highest BCUT2D eigenvalue weighted by Crippen LogP contribution is 2.33. The number of ether oxygens (including phenoxy) is 1. The average molecular weight is 348 g/mol. The van der Waals surface area contributed by atoms with Crippen molar-refractivity contribution in [3.63, 3.8) is 0 Å². The van der Waals surface area contributed by atoms with Gasteiger partial charge in [-0.15, -0.1) is 25.6 Å². The monoisotopic (exact) mass is 347 g/mol. The van der Waals surface area contributed by atoms with Crippen LogP contribution in [0.25, 0.3) is 10.9 Å². The fourth-order valence-electron chi connectivity index (χ4n) is 2.67. The topological polar surface area (TPSA) is 46.2 Å². The van der Waals surface area contributed by atoms with Crippen molar-refractivity contribution in [2.45, 2.75) is 25.2 Å². The number of fused-ring (bicyclic) bond motifs is 1. The van der Waals surface area contributed by atoms with E-state index in [2.05, 4.69) is 20.4 Å². The Morgan fingerprint density at radius 3 is 2.61 bits per heavy atom. The fraction of sp³-hybridized carbons (Fsp3) is 0.400. The molecule has 3 rings (SSSR count). The summed E-state index contributed by atoms with van der Waals surface area (Å²) in [5.41, 5.74) is 0.989. The zero-order valence-electron chi connectivity index (χ0n) is 12.2. The van der Waals surface area contributed by atoms with Gasteiger partial charge in [-0.05, 0) is 50.2 Å². The summed E-state index contributed by atoms with van der Waals surface area (Å²) in [4.78, 5) is 4.04. The number of benzene rings is 1. The third kappa shape index (κ3) is 4.39. The van der Waals surface area contributed by atoms with E-state index < -0.39 is 6.36 Å². The average Bonchev–Trinajstić information content (AvgIpc) is 2.50. The van der Waals surface area contributed by atoms with Gasteiger partial charge in [-0.25, -0.2) is 0 Å². The van der Waals surface area contributed by atoms with Crippen LogP contribution in [0.2, 0.25) is 0 Å². The van der Waals surface area contributed by atoms with Crippen LogP contribution in [0.5, 0.6) is 5.75 Å². The van der Waals surface area contributed by atoms with Crippen LogP contribution in [0.4, 0.5) is 18.9 Å². The van der Waals surface area contributed by atoms with E-state index >= 15 is 0 Å². The van der Waals surface area contributed by atoms with E-state index in [1.54, 1.807) is 18.2 Å². The number of hydrogen-bond donors (Lipinski definition) is 2. The van der Waals surface area contributed by atoms with Gasteiger partial charge in [0, 0.05) is 23.3 Å². The maximum atomic E-state index is 12.5. The van der Waals surface area contributed by atoms with E-state index in [-0.39, 0.29) is 23.7 Å². The summed E-state index contributed by atoms with van der Waals surface area (Å²) in [6.07, 6.45) is -1.32. The Kier molecular flexibility index (Phi) is 5.54. The SMILES string of the molecule is Cl.FC(F)(F)Oc1ccc(NC2CCNCC2)c2cccnc12. The molecule has 1 aliphatic rings. The fourth-order valence-corrected chi connectivity index (χ4v) is 2.67. The maximum absolute atomic E-state index is 12.5. The molecule has 2 N–H and O–H groups in total. The summed E-state index contributed by atoms with van der Waals surface area (Å²) in [5.74, 6) is -0.279. The summed E-state index contributed by atoms with van der Waals surface area (Å²) in [7, 11) is 0. The summed E-state index contributed by atoms with van der Waals surface area (Å²) in [6, 6.07) is 6.68. The molecule has 0 unspecified atom stereocenters. The minimum absolute atomic E-state index is 0. The molecule has 2 heterocycles. The maximum Gasteiger partial charge on any atom is 0.573 e. The summed E-state index contributed by atoms with van der Waals surface area (Å²) >= 11 is 0. The number of halogens is 4. The van der Waals surface area contributed by atoms with Gasteiger partial charge < -0.3 is 15.4 Å². The third-order valence-corrected chi connectivity index (χ3v) is 3.66. The number of piperidine rings is 1. The zero-order valence-corrected chi connectivity index (χ0v) is 13.0. The molecule has 0 bridgehead atoms. The molecule has 23 heavy (non-hydrogen) atoms. The highest BCUT2D eigenvalue weighted by atomic mass is 35.5. The molecule has 1 aromatic heterocycles. The lowest BCUT2D eigenvalue weighted by Crippen LogP contribution is -2.35. The second kappa shape index (κ2) is 7.23. The van der Waals surface area contributed by atoms with Crippen molar-refractivity contribution in [3.8, 4) is 5.75 Å². The van der Waals surface area contributed by atoms with E-state index in [0.29, 0.717) is 11.4 Å². The molecule has 0 atom stereocenters. The van der Waals surface area contributed by atoms with Gasteiger partial charge in [-0.3, -0.25) is 4.98 Å². The Morgan fingerprint density at radius 2 is 1.91 bits per heavy atom. The minimum atomic E-state index is -4.73.